The van der Waals surface area contributed by atoms with E-state index in [-0.39, 0.29) is 0 Å². The Hall–Kier alpha value is -0.160. The summed E-state index contributed by atoms with van der Waals surface area (Å²) in [6.07, 6.45) is 23.4. The van der Waals surface area contributed by atoms with E-state index in [4.69, 9.17) is 18.9 Å². The van der Waals surface area contributed by atoms with Crippen molar-refractivity contribution in [3.05, 3.63) is 0 Å². The molecule has 4 saturated carbocycles. The van der Waals surface area contributed by atoms with Crippen molar-refractivity contribution in [2.45, 2.75) is 145 Å². The summed E-state index contributed by atoms with van der Waals surface area (Å²) in [7, 11) is 0. The van der Waals surface area contributed by atoms with Gasteiger partial charge in [0.25, 0.3) is 0 Å². The van der Waals surface area contributed by atoms with Crippen molar-refractivity contribution < 1.29 is 18.9 Å². The van der Waals surface area contributed by atoms with E-state index in [9.17, 15) is 0 Å². The van der Waals surface area contributed by atoms with Gasteiger partial charge in [0.2, 0.25) is 0 Å². The van der Waals surface area contributed by atoms with Crippen LogP contribution in [0.5, 0.6) is 0 Å². The van der Waals surface area contributed by atoms with Crippen molar-refractivity contribution in [2.24, 2.45) is 5.92 Å². The average molecular weight is 407 g/mol. The van der Waals surface area contributed by atoms with Crippen molar-refractivity contribution in [1.82, 2.24) is 0 Å². The molecule has 1 heterocycles. The molecule has 0 radical (unpaired) electrons. The van der Waals surface area contributed by atoms with E-state index in [2.05, 4.69) is 0 Å². The van der Waals surface area contributed by atoms with E-state index < -0.39 is 0 Å². The van der Waals surface area contributed by atoms with E-state index in [1.807, 2.05) is 0 Å². The smallest absolute Gasteiger partial charge is 0.0845 e. The van der Waals surface area contributed by atoms with E-state index in [1.54, 1.807) is 0 Å². The normalized spacial score (nSPS) is 43.7. The highest BCUT2D eigenvalue weighted by atomic mass is 16.6. The molecule has 5 fully saturated rings. The molecule has 0 aromatic heterocycles. The maximum atomic E-state index is 6.62. The summed E-state index contributed by atoms with van der Waals surface area (Å²) >= 11 is 0. The van der Waals surface area contributed by atoms with Gasteiger partial charge in [-0.25, -0.2) is 0 Å². The molecule has 0 N–H and O–H groups in total. The molecule has 5 rings (SSSR count). The number of rotatable bonds is 7. The Bertz CT molecular complexity index is 505. The first kappa shape index (κ1) is 20.7. The summed E-state index contributed by atoms with van der Waals surface area (Å²) in [4.78, 5) is 0. The second kappa shape index (κ2) is 9.97. The van der Waals surface area contributed by atoms with Gasteiger partial charge in [-0.1, -0.05) is 19.3 Å². The number of fused-ring (bicyclic) bond motifs is 1. The fourth-order valence-electron chi connectivity index (χ4n) is 6.38. The number of hydrogen-bond acceptors (Lipinski definition) is 4. The SMILES string of the molecule is C1CCC(OC2CCCC(O[C@@H]3CCCC(OCC4CCC5OC5C4)C3)C2)CC1. The maximum Gasteiger partial charge on any atom is 0.0845 e. The minimum absolute atomic E-state index is 0.398. The molecule has 4 heteroatoms. The van der Waals surface area contributed by atoms with Crippen LogP contribution in [0, 0.1) is 5.92 Å². The van der Waals surface area contributed by atoms with Gasteiger partial charge in [0.05, 0.1) is 42.7 Å². The molecule has 6 unspecified atom stereocenters. The van der Waals surface area contributed by atoms with Crippen LogP contribution >= 0.6 is 0 Å². The van der Waals surface area contributed by atoms with Crippen LogP contribution in [-0.4, -0.2) is 49.3 Å². The van der Waals surface area contributed by atoms with Crippen LogP contribution in [0.3, 0.4) is 0 Å². The van der Waals surface area contributed by atoms with Crippen LogP contribution < -0.4 is 0 Å². The first-order valence-corrected chi connectivity index (χ1v) is 12.9. The highest BCUT2D eigenvalue weighted by Gasteiger charge is 2.44. The molecule has 5 aliphatic rings. The quantitative estimate of drug-likeness (QED) is 0.519. The van der Waals surface area contributed by atoms with Gasteiger partial charge >= 0.3 is 0 Å². The summed E-state index contributed by atoms with van der Waals surface area (Å²) in [6.45, 7) is 0.935. The van der Waals surface area contributed by atoms with Crippen molar-refractivity contribution in [3.63, 3.8) is 0 Å². The first-order chi connectivity index (χ1) is 14.3. The molecule has 4 nitrogen and oxygen atoms in total. The molecule has 7 atom stereocenters. The molecule has 0 aromatic carbocycles. The minimum Gasteiger partial charge on any atom is -0.378 e. The first-order valence-electron chi connectivity index (χ1n) is 12.9. The van der Waals surface area contributed by atoms with Gasteiger partial charge in [-0.2, -0.15) is 0 Å². The summed E-state index contributed by atoms with van der Waals surface area (Å²) < 4.78 is 25.1. The third kappa shape index (κ3) is 5.96. The topological polar surface area (TPSA) is 40.2 Å². The largest absolute Gasteiger partial charge is 0.378 e. The number of hydrogen-bond donors (Lipinski definition) is 0. The van der Waals surface area contributed by atoms with Crippen LogP contribution in [0.1, 0.15) is 103 Å². The summed E-state index contributed by atoms with van der Waals surface area (Å²) in [5.74, 6) is 0.719. The van der Waals surface area contributed by atoms with Crippen LogP contribution in [0.4, 0.5) is 0 Å². The van der Waals surface area contributed by atoms with Gasteiger partial charge in [0.1, 0.15) is 0 Å². The molecule has 29 heavy (non-hydrogen) atoms. The lowest BCUT2D eigenvalue weighted by atomic mass is 9.89. The van der Waals surface area contributed by atoms with Crippen molar-refractivity contribution in [3.8, 4) is 0 Å². The van der Waals surface area contributed by atoms with Gasteiger partial charge in [-0.15, -0.1) is 0 Å². The molecule has 1 saturated heterocycles. The maximum absolute atomic E-state index is 6.62. The zero-order chi connectivity index (χ0) is 19.5. The Morgan fingerprint density at radius 2 is 1.14 bits per heavy atom. The molecule has 166 valence electrons. The van der Waals surface area contributed by atoms with Crippen molar-refractivity contribution in [2.75, 3.05) is 6.61 Å². The lowest BCUT2D eigenvalue weighted by Crippen LogP contribution is -2.37. The number of epoxide rings is 1. The van der Waals surface area contributed by atoms with E-state index in [0.717, 1.165) is 25.4 Å². The zero-order valence-corrected chi connectivity index (χ0v) is 18.3. The second-order valence-electron chi connectivity index (χ2n) is 10.6. The summed E-state index contributed by atoms with van der Waals surface area (Å²) in [6, 6.07) is 0. The van der Waals surface area contributed by atoms with Gasteiger partial charge in [0, 0.05) is 6.61 Å². The third-order valence-corrected chi connectivity index (χ3v) is 8.16. The van der Waals surface area contributed by atoms with Crippen molar-refractivity contribution in [1.29, 1.82) is 0 Å². The van der Waals surface area contributed by atoms with Crippen molar-refractivity contribution >= 4 is 0 Å². The summed E-state index contributed by atoms with van der Waals surface area (Å²) in [5.41, 5.74) is 0. The molecule has 0 aromatic rings. The molecule has 1 aliphatic heterocycles. The van der Waals surface area contributed by atoms with E-state index in [1.165, 1.54) is 89.9 Å². The lowest BCUT2D eigenvalue weighted by Gasteiger charge is -2.37. The predicted molar refractivity (Wildman–Crippen MR) is 113 cm³/mol. The molecule has 0 amide bonds. The fourth-order valence-corrected chi connectivity index (χ4v) is 6.38. The average Bonchev–Trinajstić information content (AvgIpc) is 3.53. The molecular weight excluding hydrogens is 364 g/mol. The Labute approximate surface area is 177 Å². The van der Waals surface area contributed by atoms with Crippen LogP contribution in [0.25, 0.3) is 0 Å². The lowest BCUT2D eigenvalue weighted by molar-refractivity contribution is -0.119. The Morgan fingerprint density at radius 1 is 0.517 bits per heavy atom. The fraction of sp³-hybridized carbons (Fsp3) is 1.00. The van der Waals surface area contributed by atoms with Gasteiger partial charge in [0.15, 0.2) is 0 Å². The van der Waals surface area contributed by atoms with E-state index >= 15 is 0 Å². The van der Waals surface area contributed by atoms with Gasteiger partial charge in [-0.3, -0.25) is 0 Å². The molecule has 4 aliphatic carbocycles. The monoisotopic (exact) mass is 406 g/mol. The van der Waals surface area contributed by atoms with E-state index in [0.29, 0.717) is 42.7 Å². The van der Waals surface area contributed by atoms with Crippen LogP contribution in [0.15, 0.2) is 0 Å². The Kier molecular flexibility index (Phi) is 7.13. The highest BCUT2D eigenvalue weighted by Crippen LogP contribution is 2.40. The molecule has 0 bridgehead atoms. The van der Waals surface area contributed by atoms with Crippen LogP contribution in [-0.2, 0) is 18.9 Å². The minimum atomic E-state index is 0.398. The van der Waals surface area contributed by atoms with Crippen LogP contribution in [0.2, 0.25) is 0 Å². The zero-order valence-electron chi connectivity index (χ0n) is 18.3. The third-order valence-electron chi connectivity index (χ3n) is 8.16. The Balaban J connectivity index is 1.02. The molecule has 0 spiro atoms. The Morgan fingerprint density at radius 3 is 1.86 bits per heavy atom. The predicted octanol–water partition coefficient (Wildman–Crippen LogP) is 5.56. The standard InChI is InChI=1S/C25H42O4/c1-2-6-19(7-3-1)27-22-10-5-11-23(16-22)28-21-9-4-8-20(15-21)26-17-18-12-13-24-25(14-18)29-24/h18-25H,1-17H2/t18?,20?,21-,22?,23?,24?,25?/m1/s1. The molecular formula is C25H42O4. The summed E-state index contributed by atoms with van der Waals surface area (Å²) in [5, 5.41) is 0. The second-order valence-corrected chi connectivity index (χ2v) is 10.6. The van der Waals surface area contributed by atoms with Gasteiger partial charge < -0.3 is 18.9 Å². The number of ether oxygens (including phenoxy) is 4. The van der Waals surface area contributed by atoms with Gasteiger partial charge in [-0.05, 0) is 89.4 Å². The highest BCUT2D eigenvalue weighted by molar-refractivity contribution is 4.92.